The molecule has 0 amide bonds. The third-order valence-corrected chi connectivity index (χ3v) is 5.26. The van der Waals surface area contributed by atoms with E-state index < -0.39 is 0 Å². The fraction of sp³-hybridized carbons (Fsp3) is 0.261. The second kappa shape index (κ2) is 7.55. The second-order valence-electron chi connectivity index (χ2n) is 6.73. The maximum atomic E-state index is 11.4. The van der Waals surface area contributed by atoms with Crippen molar-refractivity contribution in [3.63, 3.8) is 0 Å². The van der Waals surface area contributed by atoms with Crippen LogP contribution >= 0.6 is 12.6 Å². The Morgan fingerprint density at radius 1 is 0.846 bits per heavy atom. The van der Waals surface area contributed by atoms with Crippen LogP contribution in [0.1, 0.15) is 24.8 Å². The summed E-state index contributed by atoms with van der Waals surface area (Å²) in [6, 6.07) is 19.9. The smallest absolute Gasteiger partial charge is 0.306 e. The van der Waals surface area contributed by atoms with Crippen LogP contribution < -0.4 is 0 Å². The molecule has 0 atom stereocenters. The monoisotopic (exact) mass is 362 g/mol. The number of carbonyl (C=O) groups is 1. The Kier molecular flexibility index (Phi) is 4.98. The van der Waals surface area contributed by atoms with E-state index in [1.807, 2.05) is 0 Å². The summed E-state index contributed by atoms with van der Waals surface area (Å²) >= 11 is 4.05. The number of hydrogen-bond acceptors (Lipinski definition) is 3. The average Bonchev–Trinajstić information content (AvgIpc) is 2.67. The first-order valence-electron chi connectivity index (χ1n) is 9.20. The molecule has 0 saturated carbocycles. The van der Waals surface area contributed by atoms with Gasteiger partial charge in [-0.05, 0) is 57.1 Å². The van der Waals surface area contributed by atoms with Gasteiger partial charge in [-0.2, -0.15) is 12.6 Å². The summed E-state index contributed by atoms with van der Waals surface area (Å²) in [5, 5.41) is 7.98. The largest absolute Gasteiger partial charge is 0.466 e. The van der Waals surface area contributed by atoms with E-state index in [-0.39, 0.29) is 5.97 Å². The van der Waals surface area contributed by atoms with Crippen LogP contribution in [0.2, 0.25) is 0 Å². The van der Waals surface area contributed by atoms with Crippen molar-refractivity contribution in [3.8, 4) is 0 Å². The Labute approximate surface area is 158 Å². The number of rotatable bonds is 7. The van der Waals surface area contributed by atoms with Gasteiger partial charge in [0.2, 0.25) is 0 Å². The molecule has 0 heterocycles. The van der Waals surface area contributed by atoms with Gasteiger partial charge >= 0.3 is 5.97 Å². The number of benzene rings is 4. The van der Waals surface area contributed by atoms with Crippen LogP contribution in [0.25, 0.3) is 32.3 Å². The van der Waals surface area contributed by atoms with Crippen LogP contribution in [-0.2, 0) is 16.0 Å². The van der Waals surface area contributed by atoms with Crippen molar-refractivity contribution >= 4 is 50.9 Å². The summed E-state index contributed by atoms with van der Waals surface area (Å²) < 4.78 is 5.21. The molecule has 0 aliphatic heterocycles. The number of carbonyl (C=O) groups excluding carboxylic acids is 1. The van der Waals surface area contributed by atoms with E-state index in [9.17, 15) is 4.79 Å². The van der Waals surface area contributed by atoms with Crippen LogP contribution in [0.3, 0.4) is 0 Å². The van der Waals surface area contributed by atoms with Crippen molar-refractivity contribution < 1.29 is 9.53 Å². The van der Waals surface area contributed by atoms with Gasteiger partial charge in [0.15, 0.2) is 0 Å². The highest BCUT2D eigenvalue weighted by Crippen LogP contribution is 2.36. The van der Waals surface area contributed by atoms with Crippen LogP contribution in [0.15, 0.2) is 54.6 Å². The number of hydrogen-bond donors (Lipinski definition) is 1. The zero-order valence-corrected chi connectivity index (χ0v) is 15.6. The van der Waals surface area contributed by atoms with E-state index >= 15 is 0 Å². The lowest BCUT2D eigenvalue weighted by Crippen LogP contribution is -2.06. The Balaban J connectivity index is 1.55. The zero-order valence-electron chi connectivity index (χ0n) is 14.7. The van der Waals surface area contributed by atoms with Crippen LogP contribution in [0.5, 0.6) is 0 Å². The van der Waals surface area contributed by atoms with Crippen LogP contribution in [-0.4, -0.2) is 18.3 Å². The molecule has 4 aromatic carbocycles. The van der Waals surface area contributed by atoms with Crippen molar-refractivity contribution in [1.29, 1.82) is 0 Å². The molecule has 0 bridgehead atoms. The third kappa shape index (κ3) is 3.24. The van der Waals surface area contributed by atoms with Crippen molar-refractivity contribution in [2.45, 2.75) is 25.7 Å². The lowest BCUT2D eigenvalue weighted by molar-refractivity contribution is -0.143. The van der Waals surface area contributed by atoms with Gasteiger partial charge in [0.05, 0.1) is 13.0 Å². The lowest BCUT2D eigenvalue weighted by Gasteiger charge is -2.14. The van der Waals surface area contributed by atoms with Gasteiger partial charge < -0.3 is 4.74 Å². The Morgan fingerprint density at radius 2 is 1.54 bits per heavy atom. The van der Waals surface area contributed by atoms with Crippen molar-refractivity contribution in [1.82, 2.24) is 0 Å². The van der Waals surface area contributed by atoms with Gasteiger partial charge in [-0.3, -0.25) is 4.79 Å². The second-order valence-corrected chi connectivity index (χ2v) is 7.18. The van der Waals surface area contributed by atoms with Gasteiger partial charge in [0.1, 0.15) is 0 Å². The molecule has 4 rings (SSSR count). The van der Waals surface area contributed by atoms with E-state index in [0.717, 1.165) is 19.3 Å². The molecule has 0 spiro atoms. The number of unbranched alkanes of at least 4 members (excludes halogenated alkanes) is 1. The molecule has 0 radical (unpaired) electrons. The van der Waals surface area contributed by atoms with Crippen molar-refractivity contribution in [2.24, 2.45) is 0 Å². The molecule has 26 heavy (non-hydrogen) atoms. The maximum Gasteiger partial charge on any atom is 0.306 e. The molecule has 0 N–H and O–H groups in total. The van der Waals surface area contributed by atoms with Crippen LogP contribution in [0, 0.1) is 0 Å². The predicted octanol–water partition coefficient (Wildman–Crippen LogP) is 5.77. The highest BCUT2D eigenvalue weighted by Gasteiger charge is 2.10. The molecule has 4 aromatic rings. The normalized spacial score (nSPS) is 11.6. The number of ether oxygens (including phenoxy) is 1. The first-order chi connectivity index (χ1) is 12.8. The van der Waals surface area contributed by atoms with Gasteiger partial charge in [0.25, 0.3) is 0 Å². The number of esters is 1. The fourth-order valence-electron chi connectivity index (χ4n) is 3.78. The summed E-state index contributed by atoms with van der Waals surface area (Å²) in [5.41, 5.74) is 1.37. The first-order valence-corrected chi connectivity index (χ1v) is 9.83. The van der Waals surface area contributed by atoms with Gasteiger partial charge in [-0.15, -0.1) is 0 Å². The summed E-state index contributed by atoms with van der Waals surface area (Å²) in [5.74, 6) is 0.393. The topological polar surface area (TPSA) is 26.3 Å². The molecular weight excluding hydrogens is 340 g/mol. The minimum atomic E-state index is -0.150. The van der Waals surface area contributed by atoms with E-state index in [1.54, 1.807) is 0 Å². The summed E-state index contributed by atoms with van der Waals surface area (Å²) in [4.78, 5) is 11.4. The molecule has 132 valence electrons. The SMILES string of the molecule is O=C(CCS)OCCCCc1ccc2ccc3cccc4ccc1c2c34. The van der Waals surface area contributed by atoms with Crippen LogP contribution in [0.4, 0.5) is 0 Å². The van der Waals surface area contributed by atoms with Gasteiger partial charge in [0, 0.05) is 5.75 Å². The quantitative estimate of drug-likeness (QED) is 0.195. The third-order valence-electron chi connectivity index (χ3n) is 5.04. The molecule has 0 saturated heterocycles. The first kappa shape index (κ1) is 17.2. The summed E-state index contributed by atoms with van der Waals surface area (Å²) in [6.07, 6.45) is 3.29. The Hall–Kier alpha value is -2.26. The molecular formula is C23H22O2S. The van der Waals surface area contributed by atoms with Gasteiger partial charge in [-0.1, -0.05) is 54.6 Å². The predicted molar refractivity (Wildman–Crippen MR) is 113 cm³/mol. The molecule has 0 aromatic heterocycles. The average molecular weight is 362 g/mol. The van der Waals surface area contributed by atoms with E-state index in [4.69, 9.17) is 4.74 Å². The maximum absolute atomic E-state index is 11.4. The zero-order chi connectivity index (χ0) is 17.9. The lowest BCUT2D eigenvalue weighted by atomic mass is 9.91. The van der Waals surface area contributed by atoms with E-state index in [1.165, 1.54) is 37.9 Å². The summed E-state index contributed by atoms with van der Waals surface area (Å²) in [7, 11) is 0. The molecule has 2 nitrogen and oxygen atoms in total. The standard InChI is InChI=1S/C23H22O2S/c24-21(13-15-26)25-14-2-1-4-16-7-8-19-10-9-17-5-3-6-18-11-12-20(16)23(19)22(17)18/h3,5-12,26H,1-2,4,13-15H2. The van der Waals surface area contributed by atoms with Crippen molar-refractivity contribution in [3.05, 3.63) is 60.2 Å². The molecule has 0 aliphatic carbocycles. The Bertz CT molecular complexity index is 1040. The fourth-order valence-corrected chi connectivity index (χ4v) is 3.96. The summed E-state index contributed by atoms with van der Waals surface area (Å²) in [6.45, 7) is 0.498. The molecule has 0 unspecified atom stereocenters. The highest BCUT2D eigenvalue weighted by atomic mass is 32.1. The van der Waals surface area contributed by atoms with E-state index in [0.29, 0.717) is 18.8 Å². The number of thiol groups is 1. The van der Waals surface area contributed by atoms with Crippen molar-refractivity contribution in [2.75, 3.05) is 12.4 Å². The Morgan fingerprint density at radius 3 is 2.31 bits per heavy atom. The minimum Gasteiger partial charge on any atom is -0.466 e. The van der Waals surface area contributed by atoms with Gasteiger partial charge in [-0.25, -0.2) is 0 Å². The minimum absolute atomic E-state index is 0.150. The molecule has 0 fully saturated rings. The number of aryl methyl sites for hydroxylation is 1. The molecule has 3 heteroatoms. The highest BCUT2D eigenvalue weighted by molar-refractivity contribution is 7.80. The van der Waals surface area contributed by atoms with E-state index in [2.05, 4.69) is 67.2 Å². The molecule has 0 aliphatic rings.